The molecule has 3 aromatic rings. The van der Waals surface area contributed by atoms with Crippen LogP contribution in [0.5, 0.6) is 11.5 Å². The summed E-state index contributed by atoms with van der Waals surface area (Å²) in [5.41, 5.74) is 0.984. The Labute approximate surface area is 184 Å². The molecule has 0 bridgehead atoms. The monoisotopic (exact) mass is 438 g/mol. The number of hydrogen-bond acceptors (Lipinski definition) is 5. The third kappa shape index (κ3) is 4.50. The Bertz CT molecular complexity index is 1160. The van der Waals surface area contributed by atoms with Gasteiger partial charge < -0.3 is 24.5 Å². The van der Waals surface area contributed by atoms with Crippen molar-refractivity contribution < 1.29 is 23.8 Å². The summed E-state index contributed by atoms with van der Waals surface area (Å²) in [5.74, 6) is -0.382. The summed E-state index contributed by atoms with van der Waals surface area (Å²) in [5, 5.41) is 10.6. The number of carbonyl (C=O) groups is 1. The summed E-state index contributed by atoms with van der Waals surface area (Å²) in [4.78, 5) is 29.6. The van der Waals surface area contributed by atoms with Gasteiger partial charge in [0.1, 0.15) is 23.6 Å². The number of carbonyl (C=O) groups excluding carboxylic acids is 1. The van der Waals surface area contributed by atoms with Crippen LogP contribution in [0.25, 0.3) is 11.3 Å². The molecule has 0 unspecified atom stereocenters. The van der Waals surface area contributed by atoms with Crippen molar-refractivity contribution in [2.75, 3.05) is 20.2 Å². The molecule has 2 heterocycles. The van der Waals surface area contributed by atoms with E-state index in [9.17, 15) is 19.1 Å². The maximum absolute atomic E-state index is 13.4. The number of piperidine rings is 1. The molecule has 0 saturated carbocycles. The van der Waals surface area contributed by atoms with Crippen LogP contribution in [0, 0.1) is 5.82 Å². The van der Waals surface area contributed by atoms with Gasteiger partial charge in [-0.1, -0.05) is 30.3 Å². The summed E-state index contributed by atoms with van der Waals surface area (Å²) in [7, 11) is 1.40. The molecule has 1 amide bonds. The molecule has 2 atom stereocenters. The van der Waals surface area contributed by atoms with E-state index in [1.165, 1.54) is 36.3 Å². The number of nitrogens with one attached hydrogen (secondary N) is 1. The third-order valence-electron chi connectivity index (χ3n) is 5.44. The van der Waals surface area contributed by atoms with Crippen molar-refractivity contribution in [3.8, 4) is 22.8 Å². The minimum atomic E-state index is -0.981. The van der Waals surface area contributed by atoms with Gasteiger partial charge >= 0.3 is 0 Å². The Morgan fingerprint density at radius 1 is 1.12 bits per heavy atom. The third-order valence-corrected chi connectivity index (χ3v) is 5.44. The number of aromatic nitrogens is 1. The molecule has 2 aromatic carbocycles. The fourth-order valence-corrected chi connectivity index (χ4v) is 3.73. The lowest BCUT2D eigenvalue weighted by molar-refractivity contribution is -0.0207. The van der Waals surface area contributed by atoms with E-state index in [-0.39, 0.29) is 17.9 Å². The molecule has 1 aromatic heterocycles. The molecule has 1 fully saturated rings. The molecule has 8 heteroatoms. The molecule has 1 aliphatic rings. The van der Waals surface area contributed by atoms with Crippen molar-refractivity contribution in [3.05, 3.63) is 82.4 Å². The Kier molecular flexibility index (Phi) is 6.23. The lowest BCUT2D eigenvalue weighted by Gasteiger charge is -2.36. The maximum Gasteiger partial charge on any atom is 0.261 e. The van der Waals surface area contributed by atoms with Crippen LogP contribution in [0.2, 0.25) is 0 Å². The average Bonchev–Trinajstić information content (AvgIpc) is 2.81. The number of H-pyrrole nitrogens is 1. The highest BCUT2D eigenvalue weighted by atomic mass is 19.1. The van der Waals surface area contributed by atoms with Gasteiger partial charge in [-0.3, -0.25) is 9.59 Å². The fraction of sp³-hybridized carbons (Fsp3) is 0.250. The van der Waals surface area contributed by atoms with Gasteiger partial charge in [-0.2, -0.15) is 0 Å². The average molecular weight is 438 g/mol. The Morgan fingerprint density at radius 2 is 1.91 bits per heavy atom. The van der Waals surface area contributed by atoms with E-state index in [2.05, 4.69) is 4.98 Å². The van der Waals surface area contributed by atoms with Crippen LogP contribution in [0.4, 0.5) is 4.39 Å². The standard InChI is InChI=1S/C24H23FN2O5/c1-31-22-13-16(25)7-10-21(22)32-20-11-12-27(14-19(20)28)24(30)17-8-9-18(26-23(17)29)15-5-3-2-4-6-15/h2-10,13,19-20,28H,11-12,14H2,1H3,(H,26,29)/t19-,20-/m1/s1. The maximum atomic E-state index is 13.4. The number of nitrogens with zero attached hydrogens (tertiary/aromatic N) is 1. The minimum Gasteiger partial charge on any atom is -0.493 e. The van der Waals surface area contributed by atoms with Crippen molar-refractivity contribution in [3.63, 3.8) is 0 Å². The fourth-order valence-electron chi connectivity index (χ4n) is 3.73. The molecular weight excluding hydrogens is 415 g/mol. The first kappa shape index (κ1) is 21.6. The molecule has 0 aliphatic carbocycles. The second-order valence-corrected chi connectivity index (χ2v) is 7.54. The summed E-state index contributed by atoms with van der Waals surface area (Å²) in [6.45, 7) is 0.302. The SMILES string of the molecule is COc1cc(F)ccc1O[C@@H]1CCN(C(=O)c2ccc(-c3ccccc3)[nH]c2=O)C[C@H]1O. The Balaban J connectivity index is 1.44. The molecule has 1 aliphatic heterocycles. The van der Waals surface area contributed by atoms with Crippen LogP contribution in [-0.4, -0.2) is 53.3 Å². The predicted molar refractivity (Wildman–Crippen MR) is 116 cm³/mol. The molecule has 4 rings (SSSR count). The lowest BCUT2D eigenvalue weighted by Crippen LogP contribution is -2.51. The zero-order valence-corrected chi connectivity index (χ0v) is 17.5. The van der Waals surface area contributed by atoms with Crippen LogP contribution in [0.1, 0.15) is 16.8 Å². The van der Waals surface area contributed by atoms with E-state index < -0.39 is 29.5 Å². The summed E-state index contributed by atoms with van der Waals surface area (Å²) in [6, 6.07) is 16.4. The first-order valence-electron chi connectivity index (χ1n) is 10.2. The van der Waals surface area contributed by atoms with Crippen molar-refractivity contribution >= 4 is 5.91 Å². The van der Waals surface area contributed by atoms with Crippen LogP contribution >= 0.6 is 0 Å². The number of pyridine rings is 1. The topological polar surface area (TPSA) is 91.9 Å². The second kappa shape index (κ2) is 9.23. The predicted octanol–water partition coefficient (Wildman–Crippen LogP) is 2.84. The van der Waals surface area contributed by atoms with Gasteiger partial charge in [0.2, 0.25) is 0 Å². The molecule has 7 nitrogen and oxygen atoms in total. The molecular formula is C24H23FN2O5. The van der Waals surface area contributed by atoms with Gasteiger partial charge in [0.25, 0.3) is 11.5 Å². The Morgan fingerprint density at radius 3 is 2.59 bits per heavy atom. The first-order chi connectivity index (χ1) is 15.5. The lowest BCUT2D eigenvalue weighted by atomic mass is 10.0. The number of halogens is 1. The van der Waals surface area contributed by atoms with E-state index >= 15 is 0 Å². The van der Waals surface area contributed by atoms with E-state index in [0.29, 0.717) is 24.4 Å². The summed E-state index contributed by atoms with van der Waals surface area (Å²) < 4.78 is 24.3. The number of hydrogen-bond donors (Lipinski definition) is 2. The first-order valence-corrected chi connectivity index (χ1v) is 10.2. The normalized spacial score (nSPS) is 18.3. The second-order valence-electron chi connectivity index (χ2n) is 7.54. The van der Waals surface area contributed by atoms with Gasteiger partial charge in [0.15, 0.2) is 11.5 Å². The number of aliphatic hydroxyl groups is 1. The number of ether oxygens (including phenoxy) is 2. The van der Waals surface area contributed by atoms with Gasteiger partial charge in [-0.05, 0) is 29.8 Å². The molecule has 0 radical (unpaired) electrons. The Hall–Kier alpha value is -3.65. The van der Waals surface area contributed by atoms with E-state index in [1.54, 1.807) is 6.07 Å². The van der Waals surface area contributed by atoms with Crippen molar-refractivity contribution in [1.29, 1.82) is 0 Å². The zero-order valence-electron chi connectivity index (χ0n) is 17.5. The smallest absolute Gasteiger partial charge is 0.261 e. The number of benzene rings is 2. The number of aromatic amines is 1. The van der Waals surface area contributed by atoms with Crippen molar-refractivity contribution in [2.24, 2.45) is 0 Å². The van der Waals surface area contributed by atoms with Gasteiger partial charge in [-0.25, -0.2) is 4.39 Å². The van der Waals surface area contributed by atoms with E-state index in [0.717, 1.165) is 5.56 Å². The highest BCUT2D eigenvalue weighted by Gasteiger charge is 2.33. The van der Waals surface area contributed by atoms with E-state index in [4.69, 9.17) is 9.47 Å². The molecule has 166 valence electrons. The quantitative estimate of drug-likeness (QED) is 0.639. The van der Waals surface area contributed by atoms with Crippen molar-refractivity contribution in [1.82, 2.24) is 9.88 Å². The van der Waals surface area contributed by atoms with Crippen LogP contribution in [0.3, 0.4) is 0 Å². The van der Waals surface area contributed by atoms with Crippen LogP contribution in [0.15, 0.2) is 65.5 Å². The summed E-state index contributed by atoms with van der Waals surface area (Å²) >= 11 is 0. The van der Waals surface area contributed by atoms with Crippen LogP contribution in [-0.2, 0) is 0 Å². The molecule has 0 spiro atoms. The number of rotatable bonds is 5. The largest absolute Gasteiger partial charge is 0.493 e. The number of methoxy groups -OCH3 is 1. The molecule has 2 N–H and O–H groups in total. The van der Waals surface area contributed by atoms with E-state index in [1.807, 2.05) is 30.3 Å². The van der Waals surface area contributed by atoms with Crippen LogP contribution < -0.4 is 15.0 Å². The minimum absolute atomic E-state index is 0.00683. The summed E-state index contributed by atoms with van der Waals surface area (Å²) in [6.07, 6.45) is -1.24. The molecule has 32 heavy (non-hydrogen) atoms. The number of likely N-dealkylation sites (tertiary alicyclic amines) is 1. The van der Waals surface area contributed by atoms with Gasteiger partial charge in [0.05, 0.1) is 13.7 Å². The number of aliphatic hydroxyl groups excluding tert-OH is 1. The highest BCUT2D eigenvalue weighted by Crippen LogP contribution is 2.30. The van der Waals surface area contributed by atoms with Gasteiger partial charge in [0, 0.05) is 24.7 Å². The molecule has 1 saturated heterocycles. The van der Waals surface area contributed by atoms with Gasteiger partial charge in [-0.15, -0.1) is 0 Å². The zero-order chi connectivity index (χ0) is 22.7. The van der Waals surface area contributed by atoms with Crippen molar-refractivity contribution in [2.45, 2.75) is 18.6 Å². The highest BCUT2D eigenvalue weighted by molar-refractivity contribution is 5.94. The number of amides is 1. The number of β-amino-alcohol motifs (C(OH)–C–C–N with tert-alkyl or cyclic N) is 1.